The van der Waals surface area contributed by atoms with E-state index in [2.05, 4.69) is 47.9 Å². The summed E-state index contributed by atoms with van der Waals surface area (Å²) in [6.07, 6.45) is 7.14. The molecule has 3 rings (SSSR count). The quantitative estimate of drug-likeness (QED) is 0.0542. The van der Waals surface area contributed by atoms with Gasteiger partial charge in [0, 0.05) is 25.2 Å². The Morgan fingerprint density at radius 2 is 1.07 bits per heavy atom. The molecule has 0 bridgehead atoms. The summed E-state index contributed by atoms with van der Waals surface area (Å²) >= 11 is 0. The molecule has 1 saturated heterocycles. The Labute approximate surface area is 451 Å². The number of halogens is 1. The third-order valence-electron chi connectivity index (χ3n) is 14.1. The van der Waals surface area contributed by atoms with Crippen molar-refractivity contribution in [1.82, 2.24) is 52.8 Å². The van der Waals surface area contributed by atoms with Gasteiger partial charge in [-0.05, 0) is 141 Å². The van der Waals surface area contributed by atoms with Crippen LogP contribution in [0.5, 0.6) is 0 Å². The lowest BCUT2D eigenvalue weighted by Crippen LogP contribution is -2.65. The van der Waals surface area contributed by atoms with Gasteiger partial charge in [-0.15, -0.1) is 0 Å². The Balaban J connectivity index is 1.80. The van der Waals surface area contributed by atoms with Gasteiger partial charge in [0.15, 0.2) is 0 Å². The highest BCUT2D eigenvalue weighted by molar-refractivity contribution is 6.01. The van der Waals surface area contributed by atoms with E-state index >= 15 is 0 Å². The zero-order chi connectivity index (χ0) is 57.3. The molecule has 0 radical (unpaired) electrons. The molecule has 1 heterocycles. The van der Waals surface area contributed by atoms with Crippen molar-refractivity contribution in [3.63, 3.8) is 0 Å². The first-order valence-corrected chi connectivity index (χ1v) is 27.5. The molecule has 2 aliphatic rings. The van der Waals surface area contributed by atoms with Crippen molar-refractivity contribution < 1.29 is 47.5 Å². The molecule has 0 spiro atoms. The fourth-order valence-corrected chi connectivity index (χ4v) is 9.61. The van der Waals surface area contributed by atoms with Crippen molar-refractivity contribution in [3.8, 4) is 0 Å². The smallest absolute Gasteiger partial charge is 0.254 e. The highest BCUT2D eigenvalue weighted by Gasteiger charge is 2.42. The predicted octanol–water partition coefficient (Wildman–Crippen LogP) is 4.13. The molecule has 9 amide bonds. The minimum atomic E-state index is -1.63. The van der Waals surface area contributed by atoms with Gasteiger partial charge >= 0.3 is 0 Å². The van der Waals surface area contributed by atoms with E-state index in [0.29, 0.717) is 44.8 Å². The molecule has 76 heavy (non-hydrogen) atoms. The van der Waals surface area contributed by atoms with E-state index in [0.717, 1.165) is 32.1 Å². The lowest BCUT2D eigenvalue weighted by atomic mass is 9.85. The number of benzene rings is 1. The number of rotatable bonds is 28. The summed E-state index contributed by atoms with van der Waals surface area (Å²) in [7, 11) is 1.75. The Kier molecular flexibility index (Phi) is 24.8. The van der Waals surface area contributed by atoms with Gasteiger partial charge in [0.25, 0.3) is 5.91 Å². The Morgan fingerprint density at radius 1 is 0.592 bits per heavy atom. The van der Waals surface area contributed by atoms with Crippen LogP contribution in [0.4, 0.5) is 4.39 Å². The predicted molar refractivity (Wildman–Crippen MR) is 291 cm³/mol. The summed E-state index contributed by atoms with van der Waals surface area (Å²) in [6.45, 7) is 23.3. The van der Waals surface area contributed by atoms with Crippen molar-refractivity contribution >= 4 is 53.2 Å². The van der Waals surface area contributed by atoms with E-state index in [9.17, 15) is 47.5 Å². The van der Waals surface area contributed by atoms with Gasteiger partial charge in [-0.3, -0.25) is 43.2 Å². The molecule has 6 atom stereocenters. The molecule has 1 aliphatic carbocycles. The topological polar surface area (TPSA) is 265 Å². The van der Waals surface area contributed by atoms with Gasteiger partial charge < -0.3 is 52.8 Å². The maximum absolute atomic E-state index is 14.4. The average Bonchev–Trinajstić information content (AvgIpc) is 3.73. The molecule has 19 nitrogen and oxygen atoms in total. The first-order chi connectivity index (χ1) is 35.4. The maximum Gasteiger partial charge on any atom is 0.254 e. The fourth-order valence-electron chi connectivity index (χ4n) is 9.61. The molecule has 428 valence electrons. The minimum absolute atomic E-state index is 0.0218. The molecular weight excluding hydrogens is 976 g/mol. The molecule has 20 heteroatoms. The third-order valence-corrected chi connectivity index (χ3v) is 14.1. The number of amides is 9. The zero-order valence-electron chi connectivity index (χ0n) is 48.0. The molecule has 0 unspecified atom stereocenters. The van der Waals surface area contributed by atoms with E-state index in [1.165, 1.54) is 56.9 Å². The van der Waals surface area contributed by atoms with Gasteiger partial charge in [0.2, 0.25) is 47.3 Å². The second kappa shape index (κ2) is 29.2. The summed E-state index contributed by atoms with van der Waals surface area (Å²) in [5.74, 6) is -5.69. The van der Waals surface area contributed by atoms with E-state index in [-0.39, 0.29) is 48.5 Å². The van der Waals surface area contributed by atoms with E-state index in [4.69, 9.17) is 0 Å². The van der Waals surface area contributed by atoms with Crippen molar-refractivity contribution in [3.05, 3.63) is 35.6 Å². The highest BCUT2D eigenvalue weighted by Crippen LogP contribution is 2.29. The standard InChI is InChI=1S/C56H93FN10O9/c1-33(2)28-41(46(69)62-43(30-35(5)6)48(71)65-56(12,13)53(76)66-54(8,9)51(74)59-27-26-58-14)63-52(75)55(10,11)64-47(70)42(29-34(3)4)61-45(68)40(25-20-37-18-16-15-17-19-37)60-49(72)44-31-36(7)32-67(44)50(73)38-21-23-39(57)24-22-38/h21-24,33-37,40-44,58H,15-20,25-32H2,1-14H3,(H,59,74)(H,60,72)(H,61,68)(H,62,69)(H,63,75)(H,64,70)(H,65,71)(H,66,76)/t36-,40-,41-,42-,43-,44-/m0/s1. The van der Waals surface area contributed by atoms with Crippen molar-refractivity contribution in [2.75, 3.05) is 26.7 Å². The van der Waals surface area contributed by atoms with Crippen molar-refractivity contribution in [2.45, 2.75) is 207 Å². The molecule has 0 aromatic heterocycles. The Bertz CT molecular complexity index is 2160. The van der Waals surface area contributed by atoms with Crippen LogP contribution < -0.4 is 47.9 Å². The van der Waals surface area contributed by atoms with E-state index in [1.54, 1.807) is 20.9 Å². The number of likely N-dealkylation sites (tertiary alicyclic amines) is 1. The zero-order valence-corrected chi connectivity index (χ0v) is 48.0. The molecule has 1 saturated carbocycles. The molecule has 9 N–H and O–H groups in total. The number of carbonyl (C=O) groups is 9. The first-order valence-electron chi connectivity index (χ1n) is 27.5. The number of likely N-dealkylation sites (N-methyl/N-ethyl adjacent to an activating group) is 1. The van der Waals surface area contributed by atoms with Crippen LogP contribution in [0.15, 0.2) is 24.3 Å². The van der Waals surface area contributed by atoms with Crippen LogP contribution in [-0.4, -0.2) is 132 Å². The Hall–Kier alpha value is -5.66. The second-order valence-corrected chi connectivity index (χ2v) is 24.2. The van der Waals surface area contributed by atoms with Gasteiger partial charge in [-0.2, -0.15) is 0 Å². The monoisotopic (exact) mass is 1070 g/mol. The molecule has 1 aromatic rings. The Morgan fingerprint density at radius 3 is 1.57 bits per heavy atom. The second-order valence-electron chi connectivity index (χ2n) is 24.2. The highest BCUT2D eigenvalue weighted by atomic mass is 19.1. The van der Waals surface area contributed by atoms with Gasteiger partial charge in [-0.25, -0.2) is 4.39 Å². The molecule has 1 aromatic carbocycles. The summed E-state index contributed by atoms with van der Waals surface area (Å²) in [5, 5.41) is 25.3. The number of nitrogens with one attached hydrogen (secondary N) is 9. The average molecular weight is 1070 g/mol. The van der Waals surface area contributed by atoms with Crippen LogP contribution in [0.1, 0.15) is 171 Å². The van der Waals surface area contributed by atoms with Crippen LogP contribution in [-0.2, 0) is 38.4 Å². The van der Waals surface area contributed by atoms with Crippen LogP contribution >= 0.6 is 0 Å². The van der Waals surface area contributed by atoms with Crippen molar-refractivity contribution in [1.29, 1.82) is 0 Å². The summed E-state index contributed by atoms with van der Waals surface area (Å²) in [4.78, 5) is 127. The van der Waals surface area contributed by atoms with Gasteiger partial charge in [0.1, 0.15) is 52.6 Å². The van der Waals surface area contributed by atoms with Crippen LogP contribution in [0.2, 0.25) is 0 Å². The fraction of sp³-hybridized carbons (Fsp3) is 0.732. The van der Waals surface area contributed by atoms with Gasteiger partial charge in [-0.1, -0.05) is 80.6 Å². The summed E-state index contributed by atoms with van der Waals surface area (Å²) in [5.41, 5.74) is -4.23. The van der Waals surface area contributed by atoms with Gasteiger partial charge in [0.05, 0.1) is 0 Å². The van der Waals surface area contributed by atoms with Crippen LogP contribution in [0, 0.1) is 35.4 Å². The van der Waals surface area contributed by atoms with Crippen molar-refractivity contribution in [2.24, 2.45) is 29.6 Å². The summed E-state index contributed by atoms with van der Waals surface area (Å²) < 4.78 is 13.7. The number of carbonyl (C=O) groups excluding carboxylic acids is 9. The lowest BCUT2D eigenvalue weighted by Gasteiger charge is -2.34. The van der Waals surface area contributed by atoms with E-state index in [1.807, 2.05) is 48.5 Å². The molecule has 1 aliphatic heterocycles. The van der Waals surface area contributed by atoms with Crippen LogP contribution in [0.25, 0.3) is 0 Å². The summed E-state index contributed by atoms with van der Waals surface area (Å²) in [6, 6.07) is -0.222. The lowest BCUT2D eigenvalue weighted by molar-refractivity contribution is -0.139. The number of hydrogen-bond donors (Lipinski definition) is 9. The normalized spacial score (nSPS) is 18.0. The maximum atomic E-state index is 14.4. The van der Waals surface area contributed by atoms with Crippen LogP contribution in [0.3, 0.4) is 0 Å². The number of nitrogens with zero attached hydrogens (tertiary/aromatic N) is 1. The van der Waals surface area contributed by atoms with E-state index < -0.39 is 106 Å². The SMILES string of the molecule is CNCCNC(=O)C(C)(C)NC(=O)C(C)(C)NC(=O)[C@H](CC(C)C)NC(=O)[C@H](CC(C)C)NC(=O)C(C)(C)NC(=O)[C@H](CC(C)C)NC(=O)[C@H](CCC1CCCCC1)NC(=O)[C@@H]1C[C@H](C)CN1C(=O)c1ccc(F)cc1. The minimum Gasteiger partial charge on any atom is -0.353 e. The first kappa shape index (κ1) is 64.6. The molecule has 2 fully saturated rings. The largest absolute Gasteiger partial charge is 0.353 e. The molecular formula is C56H93FN10O9. The number of hydrogen-bond acceptors (Lipinski definition) is 10. The third kappa shape index (κ3) is 20.4.